The number of carbonyl (C=O) groups excluding carboxylic acids is 1. The number of nitrogens with zero attached hydrogens (tertiary/aromatic N) is 1. The average Bonchev–Trinajstić information content (AvgIpc) is 2.97. The van der Waals surface area contributed by atoms with Crippen molar-refractivity contribution < 1.29 is 13.2 Å². The summed E-state index contributed by atoms with van der Waals surface area (Å²) in [6, 6.07) is 5.02. The molecule has 3 rings (SSSR count). The van der Waals surface area contributed by atoms with E-state index in [2.05, 4.69) is 10.0 Å². The van der Waals surface area contributed by atoms with Gasteiger partial charge < -0.3 is 10.2 Å². The van der Waals surface area contributed by atoms with Gasteiger partial charge in [-0.25, -0.2) is 13.1 Å². The molecular formula is C16H23N3O3S. The Morgan fingerprint density at radius 1 is 1.43 bits per heavy atom. The fraction of sp³-hybridized carbons (Fsp3) is 0.562. The molecule has 6 nitrogen and oxygen atoms in total. The van der Waals surface area contributed by atoms with Crippen molar-refractivity contribution in [2.75, 3.05) is 31.1 Å². The molecule has 126 valence electrons. The maximum atomic E-state index is 12.5. The van der Waals surface area contributed by atoms with Crippen molar-refractivity contribution in [2.45, 2.75) is 31.1 Å². The van der Waals surface area contributed by atoms with Crippen molar-refractivity contribution in [1.29, 1.82) is 0 Å². The number of anilines is 1. The summed E-state index contributed by atoms with van der Waals surface area (Å²) < 4.78 is 27.7. The zero-order valence-corrected chi connectivity index (χ0v) is 14.2. The predicted molar refractivity (Wildman–Crippen MR) is 89.0 cm³/mol. The first-order valence-electron chi connectivity index (χ1n) is 8.09. The van der Waals surface area contributed by atoms with E-state index in [-0.39, 0.29) is 10.8 Å². The lowest BCUT2D eigenvalue weighted by Gasteiger charge is -2.23. The molecule has 0 saturated carbocycles. The van der Waals surface area contributed by atoms with Crippen LogP contribution in [-0.2, 0) is 21.2 Å². The molecule has 1 saturated heterocycles. The molecular weight excluding hydrogens is 314 g/mol. The number of hydrogen-bond acceptors (Lipinski definition) is 4. The van der Waals surface area contributed by atoms with E-state index in [1.54, 1.807) is 23.1 Å². The quantitative estimate of drug-likeness (QED) is 0.855. The molecule has 1 aromatic carbocycles. The van der Waals surface area contributed by atoms with E-state index in [0.717, 1.165) is 37.2 Å². The summed E-state index contributed by atoms with van der Waals surface area (Å²) >= 11 is 0. The molecule has 2 heterocycles. The number of piperidine rings is 1. The number of amides is 1. The highest BCUT2D eigenvalue weighted by Gasteiger charge is 2.25. The summed E-state index contributed by atoms with van der Waals surface area (Å²) in [5.41, 5.74) is 1.75. The number of rotatable bonds is 4. The Kier molecular flexibility index (Phi) is 4.70. The Bertz CT molecular complexity index is 697. The summed E-state index contributed by atoms with van der Waals surface area (Å²) in [6.07, 6.45) is 2.84. The van der Waals surface area contributed by atoms with Gasteiger partial charge in [-0.1, -0.05) is 0 Å². The van der Waals surface area contributed by atoms with Gasteiger partial charge in [0.05, 0.1) is 4.90 Å². The van der Waals surface area contributed by atoms with E-state index in [0.29, 0.717) is 25.4 Å². The second-order valence-electron chi connectivity index (χ2n) is 6.28. The minimum Gasteiger partial charge on any atom is -0.316 e. The third-order valence-corrected chi connectivity index (χ3v) is 6.02. The summed E-state index contributed by atoms with van der Waals surface area (Å²) in [4.78, 5) is 13.5. The zero-order valence-electron chi connectivity index (χ0n) is 13.3. The second-order valence-corrected chi connectivity index (χ2v) is 8.04. The number of sulfonamides is 1. The monoisotopic (exact) mass is 337 g/mol. The maximum Gasteiger partial charge on any atom is 0.240 e. The minimum atomic E-state index is -3.50. The minimum absolute atomic E-state index is 0.0118. The van der Waals surface area contributed by atoms with Crippen molar-refractivity contribution in [2.24, 2.45) is 5.92 Å². The molecule has 2 N–H and O–H groups in total. The number of carbonyl (C=O) groups is 1. The maximum absolute atomic E-state index is 12.5. The molecule has 0 radical (unpaired) electrons. The van der Waals surface area contributed by atoms with Gasteiger partial charge >= 0.3 is 0 Å². The Morgan fingerprint density at radius 2 is 2.26 bits per heavy atom. The SMILES string of the molecule is CC(=O)N1CCc2cc(S(=O)(=O)NCC3CCCNC3)ccc21. The molecule has 1 unspecified atom stereocenters. The van der Waals surface area contributed by atoms with E-state index >= 15 is 0 Å². The van der Waals surface area contributed by atoms with Crippen LogP contribution in [0.15, 0.2) is 23.1 Å². The molecule has 0 aliphatic carbocycles. The lowest BCUT2D eigenvalue weighted by atomic mass is 10.0. The van der Waals surface area contributed by atoms with Crippen molar-refractivity contribution in [3.05, 3.63) is 23.8 Å². The first-order chi connectivity index (χ1) is 11.0. The molecule has 0 spiro atoms. The molecule has 1 aromatic rings. The molecule has 23 heavy (non-hydrogen) atoms. The van der Waals surface area contributed by atoms with E-state index in [1.165, 1.54) is 6.92 Å². The molecule has 7 heteroatoms. The van der Waals surface area contributed by atoms with E-state index in [4.69, 9.17) is 0 Å². The van der Waals surface area contributed by atoms with Crippen LogP contribution in [0.4, 0.5) is 5.69 Å². The number of hydrogen-bond donors (Lipinski definition) is 2. The van der Waals surface area contributed by atoms with Crippen LogP contribution in [-0.4, -0.2) is 40.5 Å². The summed E-state index contributed by atoms with van der Waals surface area (Å²) in [5.74, 6) is 0.337. The van der Waals surface area contributed by atoms with Gasteiger partial charge in [-0.15, -0.1) is 0 Å². The molecule has 2 aliphatic rings. The smallest absolute Gasteiger partial charge is 0.240 e. The molecule has 1 amide bonds. The fourth-order valence-corrected chi connectivity index (χ4v) is 4.45. The first-order valence-corrected chi connectivity index (χ1v) is 9.57. The number of nitrogens with one attached hydrogen (secondary N) is 2. The highest BCUT2D eigenvalue weighted by atomic mass is 32.2. The van der Waals surface area contributed by atoms with Gasteiger partial charge in [-0.3, -0.25) is 4.79 Å². The van der Waals surface area contributed by atoms with Gasteiger partial charge in [0, 0.05) is 25.7 Å². The zero-order chi connectivity index (χ0) is 16.4. The average molecular weight is 337 g/mol. The number of fused-ring (bicyclic) bond motifs is 1. The first kappa shape index (κ1) is 16.4. The van der Waals surface area contributed by atoms with Gasteiger partial charge in [-0.2, -0.15) is 0 Å². The van der Waals surface area contributed by atoms with E-state index in [9.17, 15) is 13.2 Å². The van der Waals surface area contributed by atoms with Crippen molar-refractivity contribution in [3.8, 4) is 0 Å². The van der Waals surface area contributed by atoms with Crippen LogP contribution >= 0.6 is 0 Å². The number of benzene rings is 1. The summed E-state index contributed by atoms with van der Waals surface area (Å²) in [7, 11) is -3.50. The Balaban J connectivity index is 1.72. The topological polar surface area (TPSA) is 78.5 Å². The van der Waals surface area contributed by atoms with Crippen molar-refractivity contribution >= 4 is 21.6 Å². The van der Waals surface area contributed by atoms with E-state index in [1.807, 2.05) is 0 Å². The van der Waals surface area contributed by atoms with Crippen LogP contribution < -0.4 is 14.9 Å². The largest absolute Gasteiger partial charge is 0.316 e. The standard InChI is InChI=1S/C16H23N3O3S/c1-12(20)19-8-6-14-9-15(4-5-16(14)19)23(21,22)18-11-13-3-2-7-17-10-13/h4-5,9,13,17-18H,2-3,6-8,10-11H2,1H3. The lowest BCUT2D eigenvalue weighted by Crippen LogP contribution is -2.38. The Morgan fingerprint density at radius 3 is 2.96 bits per heavy atom. The molecule has 2 aliphatic heterocycles. The second kappa shape index (κ2) is 6.59. The van der Waals surface area contributed by atoms with Crippen LogP contribution in [0.5, 0.6) is 0 Å². The van der Waals surface area contributed by atoms with Gasteiger partial charge in [0.1, 0.15) is 0 Å². The summed E-state index contributed by atoms with van der Waals surface area (Å²) in [5, 5.41) is 3.29. The van der Waals surface area contributed by atoms with Gasteiger partial charge in [0.15, 0.2) is 0 Å². The van der Waals surface area contributed by atoms with Crippen molar-refractivity contribution in [3.63, 3.8) is 0 Å². The van der Waals surface area contributed by atoms with Crippen LogP contribution in [0, 0.1) is 5.92 Å². The van der Waals surface area contributed by atoms with Crippen LogP contribution in [0.2, 0.25) is 0 Å². The van der Waals surface area contributed by atoms with Crippen LogP contribution in [0.1, 0.15) is 25.3 Å². The fourth-order valence-electron chi connectivity index (χ4n) is 3.28. The molecule has 1 fully saturated rings. The van der Waals surface area contributed by atoms with E-state index < -0.39 is 10.0 Å². The van der Waals surface area contributed by atoms with Gasteiger partial charge in [0.25, 0.3) is 0 Å². The van der Waals surface area contributed by atoms with Gasteiger partial charge in [-0.05, 0) is 62.0 Å². The third kappa shape index (κ3) is 3.57. The molecule has 0 aromatic heterocycles. The highest BCUT2D eigenvalue weighted by Crippen LogP contribution is 2.30. The van der Waals surface area contributed by atoms with Gasteiger partial charge in [0.2, 0.25) is 15.9 Å². The van der Waals surface area contributed by atoms with Crippen LogP contribution in [0.25, 0.3) is 0 Å². The normalized spacial score (nSPS) is 21.3. The predicted octanol–water partition coefficient (Wildman–Crippen LogP) is 0.873. The van der Waals surface area contributed by atoms with Crippen LogP contribution in [0.3, 0.4) is 0 Å². The van der Waals surface area contributed by atoms with Crippen molar-refractivity contribution in [1.82, 2.24) is 10.0 Å². The Hall–Kier alpha value is -1.44. The molecule has 0 bridgehead atoms. The third-order valence-electron chi connectivity index (χ3n) is 4.60. The molecule has 1 atom stereocenters. The highest BCUT2D eigenvalue weighted by molar-refractivity contribution is 7.89. The lowest BCUT2D eigenvalue weighted by molar-refractivity contribution is -0.116. The Labute approximate surface area is 137 Å². The summed E-state index contributed by atoms with van der Waals surface area (Å²) in [6.45, 7) is 4.49.